The molecule has 1 amide bonds. The molecule has 0 saturated carbocycles. The Bertz CT molecular complexity index is 948. The predicted octanol–water partition coefficient (Wildman–Crippen LogP) is 4.82. The van der Waals surface area contributed by atoms with Crippen molar-refractivity contribution >= 4 is 52.1 Å². The second-order valence-electron chi connectivity index (χ2n) is 6.52. The van der Waals surface area contributed by atoms with E-state index in [1.807, 2.05) is 12.1 Å². The molecule has 0 unspecified atom stereocenters. The lowest BCUT2D eigenvalue weighted by atomic mass is 10.1. The Balaban J connectivity index is 1.52. The summed E-state index contributed by atoms with van der Waals surface area (Å²) in [7, 11) is 1.56. The average Bonchev–Trinajstić information content (AvgIpc) is 3.30. The van der Waals surface area contributed by atoms with Crippen LogP contribution < -0.4 is 15.0 Å². The van der Waals surface area contributed by atoms with Gasteiger partial charge in [0.25, 0.3) is 5.91 Å². The van der Waals surface area contributed by atoms with E-state index in [4.69, 9.17) is 20.8 Å². The third-order valence-corrected chi connectivity index (χ3v) is 5.71. The molecule has 0 bridgehead atoms. The number of methoxy groups -OCH3 is 1. The number of amides is 1. The molecule has 4 rings (SSSR count). The number of ether oxygens (including phenoxy) is 1. The first-order chi connectivity index (χ1) is 13.6. The Hall–Kier alpha value is -2.38. The van der Waals surface area contributed by atoms with Crippen LogP contribution in [0, 0.1) is 0 Å². The maximum absolute atomic E-state index is 12.3. The van der Waals surface area contributed by atoms with Crippen LogP contribution in [0.1, 0.15) is 25.0 Å². The zero-order chi connectivity index (χ0) is 19.5. The van der Waals surface area contributed by atoms with Crippen LogP contribution >= 0.6 is 23.4 Å². The lowest BCUT2D eigenvalue weighted by molar-refractivity contribution is -0.115. The van der Waals surface area contributed by atoms with Crippen molar-refractivity contribution in [2.24, 2.45) is 4.99 Å². The standard InChI is InChI=1S/C20H20ClN3O3S/c1-26-16-7-5-13(21)11-15(16)22-20-23-19(25)17(28-20)12-14-6-8-18(27-14)24-9-3-2-4-10-24/h5-8,11-12H,2-4,9-10H2,1H3,(H,22,23,25)/b17-12-. The lowest BCUT2D eigenvalue weighted by Crippen LogP contribution is -2.28. The number of benzene rings is 1. The summed E-state index contributed by atoms with van der Waals surface area (Å²) in [4.78, 5) is 19.6. The highest BCUT2D eigenvalue weighted by Crippen LogP contribution is 2.34. The van der Waals surface area contributed by atoms with Crippen molar-refractivity contribution < 1.29 is 13.9 Å². The summed E-state index contributed by atoms with van der Waals surface area (Å²) in [5.41, 5.74) is 0.560. The Morgan fingerprint density at radius 3 is 2.86 bits per heavy atom. The zero-order valence-electron chi connectivity index (χ0n) is 15.4. The van der Waals surface area contributed by atoms with Crippen LogP contribution in [-0.4, -0.2) is 31.3 Å². The van der Waals surface area contributed by atoms with E-state index in [1.165, 1.54) is 31.0 Å². The Labute approximate surface area is 172 Å². The van der Waals surface area contributed by atoms with Crippen LogP contribution in [0.5, 0.6) is 5.75 Å². The van der Waals surface area contributed by atoms with Gasteiger partial charge in [-0.15, -0.1) is 0 Å². The van der Waals surface area contributed by atoms with Gasteiger partial charge in [0.15, 0.2) is 11.1 Å². The number of nitrogens with zero attached hydrogens (tertiary/aromatic N) is 2. The predicted molar refractivity (Wildman–Crippen MR) is 114 cm³/mol. The summed E-state index contributed by atoms with van der Waals surface area (Å²) < 4.78 is 11.2. The summed E-state index contributed by atoms with van der Waals surface area (Å²) >= 11 is 7.30. The van der Waals surface area contributed by atoms with Crippen molar-refractivity contribution in [1.82, 2.24) is 5.32 Å². The number of halogens is 1. The number of amidine groups is 1. The minimum atomic E-state index is -0.208. The maximum Gasteiger partial charge on any atom is 0.264 e. The van der Waals surface area contributed by atoms with Crippen molar-refractivity contribution in [3.8, 4) is 5.75 Å². The van der Waals surface area contributed by atoms with Gasteiger partial charge in [-0.1, -0.05) is 11.6 Å². The van der Waals surface area contributed by atoms with Gasteiger partial charge in [0.05, 0.1) is 12.0 Å². The van der Waals surface area contributed by atoms with E-state index in [0.717, 1.165) is 19.0 Å². The smallest absolute Gasteiger partial charge is 0.264 e. The van der Waals surface area contributed by atoms with Crippen LogP contribution in [0.2, 0.25) is 5.02 Å². The lowest BCUT2D eigenvalue weighted by Gasteiger charge is -2.25. The molecule has 6 nitrogen and oxygen atoms in total. The van der Waals surface area contributed by atoms with Crippen molar-refractivity contribution in [2.45, 2.75) is 19.3 Å². The first-order valence-electron chi connectivity index (χ1n) is 9.10. The molecule has 2 aliphatic heterocycles. The molecule has 146 valence electrons. The molecule has 2 fully saturated rings. The number of piperidine rings is 1. The summed E-state index contributed by atoms with van der Waals surface area (Å²) in [6.45, 7) is 2.02. The molecule has 2 saturated heterocycles. The quantitative estimate of drug-likeness (QED) is 0.722. The van der Waals surface area contributed by atoms with E-state index < -0.39 is 0 Å². The molecule has 0 aliphatic carbocycles. The number of aliphatic imine (C=N–C) groups is 1. The van der Waals surface area contributed by atoms with Crippen LogP contribution in [0.3, 0.4) is 0 Å². The Morgan fingerprint density at radius 2 is 2.07 bits per heavy atom. The molecule has 1 aromatic carbocycles. The summed E-state index contributed by atoms with van der Waals surface area (Å²) in [6.07, 6.45) is 5.37. The number of nitrogens with one attached hydrogen (secondary N) is 1. The third kappa shape index (κ3) is 4.20. The third-order valence-electron chi connectivity index (χ3n) is 4.57. The Kier molecular flexibility index (Phi) is 5.64. The minimum Gasteiger partial charge on any atom is -0.494 e. The van der Waals surface area contributed by atoms with Gasteiger partial charge in [-0.2, -0.15) is 0 Å². The fourth-order valence-corrected chi connectivity index (χ4v) is 4.15. The summed E-state index contributed by atoms with van der Waals surface area (Å²) in [5.74, 6) is 1.88. The molecular weight excluding hydrogens is 398 g/mol. The van der Waals surface area contributed by atoms with Crippen LogP contribution in [0.25, 0.3) is 6.08 Å². The summed E-state index contributed by atoms with van der Waals surface area (Å²) in [5, 5.41) is 3.79. The zero-order valence-corrected chi connectivity index (χ0v) is 17.0. The number of carbonyl (C=O) groups is 1. The van der Waals surface area contributed by atoms with Crippen LogP contribution in [0.4, 0.5) is 11.6 Å². The normalized spacial score (nSPS) is 20.1. The van der Waals surface area contributed by atoms with Gasteiger partial charge in [-0.05, 0) is 55.3 Å². The number of rotatable bonds is 4. The van der Waals surface area contributed by atoms with E-state index in [-0.39, 0.29) is 5.91 Å². The fraction of sp³-hybridized carbons (Fsp3) is 0.300. The van der Waals surface area contributed by atoms with Gasteiger partial charge in [-0.3, -0.25) is 4.79 Å². The molecule has 8 heteroatoms. The second kappa shape index (κ2) is 8.32. The number of carbonyl (C=O) groups excluding carboxylic acids is 1. The highest BCUT2D eigenvalue weighted by molar-refractivity contribution is 8.18. The number of hydrogen-bond donors (Lipinski definition) is 1. The molecule has 1 aromatic heterocycles. The molecule has 3 heterocycles. The molecule has 28 heavy (non-hydrogen) atoms. The van der Waals surface area contributed by atoms with Gasteiger partial charge < -0.3 is 19.4 Å². The van der Waals surface area contributed by atoms with Gasteiger partial charge in [0.1, 0.15) is 17.2 Å². The number of thioether (sulfide) groups is 1. The van der Waals surface area contributed by atoms with E-state index in [0.29, 0.717) is 32.3 Å². The van der Waals surface area contributed by atoms with Gasteiger partial charge in [-0.25, -0.2) is 4.99 Å². The van der Waals surface area contributed by atoms with Gasteiger partial charge in [0.2, 0.25) is 0 Å². The fourth-order valence-electron chi connectivity index (χ4n) is 3.17. The van der Waals surface area contributed by atoms with Crippen LogP contribution in [-0.2, 0) is 4.79 Å². The highest BCUT2D eigenvalue weighted by atomic mass is 35.5. The van der Waals surface area contributed by atoms with Crippen molar-refractivity contribution in [3.05, 3.63) is 46.0 Å². The van der Waals surface area contributed by atoms with Gasteiger partial charge >= 0.3 is 0 Å². The Morgan fingerprint density at radius 1 is 1.25 bits per heavy atom. The minimum absolute atomic E-state index is 0.208. The molecule has 0 radical (unpaired) electrons. The molecule has 1 N–H and O–H groups in total. The molecule has 0 atom stereocenters. The van der Waals surface area contributed by atoms with Crippen LogP contribution in [0.15, 0.2) is 44.6 Å². The molecule has 2 aliphatic rings. The maximum atomic E-state index is 12.3. The monoisotopic (exact) mass is 417 g/mol. The first kappa shape index (κ1) is 19.0. The SMILES string of the molecule is COc1ccc(Cl)cc1N=C1NC(=O)/C(=C/c2ccc(N3CCCCC3)o2)S1. The number of hydrogen-bond acceptors (Lipinski definition) is 6. The average molecular weight is 418 g/mol. The molecule has 2 aromatic rings. The van der Waals surface area contributed by atoms with Crippen molar-refractivity contribution in [1.29, 1.82) is 0 Å². The van der Waals surface area contributed by atoms with E-state index in [1.54, 1.807) is 31.4 Å². The summed E-state index contributed by atoms with van der Waals surface area (Å²) in [6, 6.07) is 9.01. The topological polar surface area (TPSA) is 67.1 Å². The van der Waals surface area contributed by atoms with Crippen molar-refractivity contribution in [3.63, 3.8) is 0 Å². The molecule has 0 spiro atoms. The van der Waals surface area contributed by atoms with Gasteiger partial charge in [0, 0.05) is 30.3 Å². The van der Waals surface area contributed by atoms with E-state index in [9.17, 15) is 4.79 Å². The van der Waals surface area contributed by atoms with Crippen molar-refractivity contribution in [2.75, 3.05) is 25.1 Å². The largest absolute Gasteiger partial charge is 0.494 e. The van der Waals surface area contributed by atoms with E-state index >= 15 is 0 Å². The number of furan rings is 1. The first-order valence-corrected chi connectivity index (χ1v) is 10.3. The number of anilines is 1. The highest BCUT2D eigenvalue weighted by Gasteiger charge is 2.25. The molecular formula is C20H20ClN3O3S. The van der Waals surface area contributed by atoms with E-state index in [2.05, 4.69) is 15.2 Å². The second-order valence-corrected chi connectivity index (χ2v) is 7.99.